The molecule has 0 aliphatic carbocycles. The number of nitrogens with one attached hydrogen (secondary N) is 1. The molecule has 1 atom stereocenters. The first-order valence-corrected chi connectivity index (χ1v) is 6.10. The second-order valence-electron chi connectivity index (χ2n) is 4.66. The summed E-state index contributed by atoms with van der Waals surface area (Å²) < 4.78 is 27.6. The molecule has 0 radical (unpaired) electrons. The number of amides is 1. The third-order valence-corrected chi connectivity index (χ3v) is 3.25. The molecule has 1 heterocycles. The number of nitrogens with zero attached hydrogens (tertiary/aromatic N) is 1. The van der Waals surface area contributed by atoms with Crippen molar-refractivity contribution in [3.05, 3.63) is 35.9 Å². The van der Waals surface area contributed by atoms with E-state index in [1.165, 1.54) is 0 Å². The minimum absolute atomic E-state index is 0.0738. The molecule has 1 N–H and O–H groups in total. The fourth-order valence-corrected chi connectivity index (χ4v) is 2.18. The predicted octanol–water partition coefficient (Wildman–Crippen LogP) is 0.829. The Morgan fingerprint density at radius 1 is 1.42 bits per heavy atom. The van der Waals surface area contributed by atoms with Gasteiger partial charge in [-0.05, 0) is 12.0 Å². The molecule has 0 saturated carbocycles. The van der Waals surface area contributed by atoms with Gasteiger partial charge in [0.25, 0.3) is 5.92 Å². The Hall–Kier alpha value is -1.69. The van der Waals surface area contributed by atoms with Crippen molar-refractivity contribution in [3.63, 3.8) is 0 Å². The maximum Gasteiger partial charge on any atom is 0.280 e. The molecule has 1 aliphatic heterocycles. The number of hydrogen-bond acceptors (Lipinski definition) is 3. The summed E-state index contributed by atoms with van der Waals surface area (Å²) in [5, 5.41) is 13.4. The lowest BCUT2D eigenvalue weighted by Crippen LogP contribution is -2.60. The van der Waals surface area contributed by atoms with Crippen LogP contribution in [-0.4, -0.2) is 36.0 Å². The number of halogens is 2. The van der Waals surface area contributed by atoms with Gasteiger partial charge in [0.05, 0.1) is 12.6 Å². The SMILES string of the molecule is O=C([O-])N1CCC(NCc2ccccc2)C(F)(F)C1. The highest BCUT2D eigenvalue weighted by Gasteiger charge is 2.44. The second-order valence-corrected chi connectivity index (χ2v) is 4.66. The Labute approximate surface area is 110 Å². The fourth-order valence-electron chi connectivity index (χ4n) is 2.18. The zero-order valence-electron chi connectivity index (χ0n) is 10.3. The van der Waals surface area contributed by atoms with Crippen molar-refractivity contribution in [2.24, 2.45) is 0 Å². The average Bonchev–Trinajstić information content (AvgIpc) is 2.37. The molecule has 1 saturated heterocycles. The third kappa shape index (κ3) is 3.41. The van der Waals surface area contributed by atoms with Gasteiger partial charge in [-0.25, -0.2) is 8.78 Å². The highest BCUT2D eigenvalue weighted by Crippen LogP contribution is 2.27. The molecule has 1 unspecified atom stereocenters. The van der Waals surface area contributed by atoms with Gasteiger partial charge in [0.15, 0.2) is 0 Å². The number of hydrogen-bond donors (Lipinski definition) is 1. The summed E-state index contributed by atoms with van der Waals surface area (Å²) in [6.07, 6.45) is -1.46. The molecular weight excluding hydrogens is 254 g/mol. The van der Waals surface area contributed by atoms with E-state index in [1.807, 2.05) is 30.3 Å². The number of benzene rings is 1. The van der Waals surface area contributed by atoms with Crippen LogP contribution in [0.25, 0.3) is 0 Å². The summed E-state index contributed by atoms with van der Waals surface area (Å²) in [6.45, 7) is -0.390. The van der Waals surface area contributed by atoms with Crippen LogP contribution < -0.4 is 10.4 Å². The van der Waals surface area contributed by atoms with Gasteiger partial charge in [-0.3, -0.25) is 0 Å². The van der Waals surface area contributed by atoms with E-state index < -0.39 is 24.6 Å². The molecule has 1 aromatic carbocycles. The van der Waals surface area contributed by atoms with E-state index in [4.69, 9.17) is 0 Å². The number of carbonyl (C=O) groups excluding carboxylic acids is 1. The summed E-state index contributed by atoms with van der Waals surface area (Å²) in [7, 11) is 0. The van der Waals surface area contributed by atoms with Crippen molar-refractivity contribution < 1.29 is 18.7 Å². The average molecular weight is 269 g/mol. The van der Waals surface area contributed by atoms with E-state index >= 15 is 0 Å². The molecule has 1 aliphatic rings. The van der Waals surface area contributed by atoms with Gasteiger partial charge in [0.1, 0.15) is 6.09 Å². The standard InChI is InChI=1S/C13H16F2N2O2/c14-13(15)9-17(12(18)19)7-6-11(13)16-8-10-4-2-1-3-5-10/h1-5,11,16H,6-9H2,(H,18,19)/p-1. The number of likely N-dealkylation sites (tertiary alicyclic amines) is 1. The molecule has 104 valence electrons. The quantitative estimate of drug-likeness (QED) is 0.884. The van der Waals surface area contributed by atoms with Crippen LogP contribution in [0, 0.1) is 0 Å². The number of rotatable bonds is 3. The lowest BCUT2D eigenvalue weighted by Gasteiger charge is -2.39. The van der Waals surface area contributed by atoms with Gasteiger partial charge in [-0.15, -0.1) is 0 Å². The summed E-state index contributed by atoms with van der Waals surface area (Å²) in [5.74, 6) is -3.08. The maximum atomic E-state index is 13.8. The highest BCUT2D eigenvalue weighted by molar-refractivity contribution is 5.62. The minimum Gasteiger partial charge on any atom is -0.530 e. The first-order chi connectivity index (χ1) is 8.99. The van der Waals surface area contributed by atoms with Crippen LogP contribution in [0.5, 0.6) is 0 Å². The molecule has 4 nitrogen and oxygen atoms in total. The molecule has 0 aromatic heterocycles. The van der Waals surface area contributed by atoms with Crippen LogP contribution in [0.3, 0.4) is 0 Å². The van der Waals surface area contributed by atoms with E-state index in [9.17, 15) is 18.7 Å². The van der Waals surface area contributed by atoms with E-state index in [0.717, 1.165) is 5.56 Å². The fraction of sp³-hybridized carbons (Fsp3) is 0.462. The van der Waals surface area contributed by atoms with Crippen LogP contribution in [0.1, 0.15) is 12.0 Å². The smallest absolute Gasteiger partial charge is 0.280 e. The van der Waals surface area contributed by atoms with Gasteiger partial charge in [-0.2, -0.15) is 0 Å². The highest BCUT2D eigenvalue weighted by atomic mass is 19.3. The molecule has 1 fully saturated rings. The summed E-state index contributed by atoms with van der Waals surface area (Å²) >= 11 is 0. The van der Waals surface area contributed by atoms with E-state index in [1.54, 1.807) is 0 Å². The van der Waals surface area contributed by atoms with Crippen molar-refractivity contribution in [3.8, 4) is 0 Å². The van der Waals surface area contributed by atoms with Crippen molar-refractivity contribution in [2.75, 3.05) is 13.1 Å². The van der Waals surface area contributed by atoms with E-state index in [0.29, 0.717) is 11.4 Å². The second kappa shape index (κ2) is 5.52. The first kappa shape index (κ1) is 13.7. The maximum absolute atomic E-state index is 13.8. The van der Waals surface area contributed by atoms with E-state index in [-0.39, 0.29) is 13.0 Å². The van der Waals surface area contributed by atoms with Crippen molar-refractivity contribution in [2.45, 2.75) is 24.9 Å². The van der Waals surface area contributed by atoms with Crippen LogP contribution in [-0.2, 0) is 6.54 Å². The zero-order chi connectivity index (χ0) is 13.9. The van der Waals surface area contributed by atoms with Crippen LogP contribution >= 0.6 is 0 Å². The van der Waals surface area contributed by atoms with E-state index in [2.05, 4.69) is 5.32 Å². The Balaban J connectivity index is 1.93. The molecule has 1 aromatic rings. The van der Waals surface area contributed by atoms with Crippen LogP contribution in [0.4, 0.5) is 13.6 Å². The number of carbonyl (C=O) groups is 1. The van der Waals surface area contributed by atoms with Gasteiger partial charge in [0.2, 0.25) is 0 Å². The first-order valence-electron chi connectivity index (χ1n) is 6.10. The Kier molecular flexibility index (Phi) is 3.99. The van der Waals surface area contributed by atoms with Gasteiger partial charge >= 0.3 is 0 Å². The Bertz CT molecular complexity index is 440. The van der Waals surface area contributed by atoms with Crippen LogP contribution in [0.2, 0.25) is 0 Å². The molecular formula is C13H15F2N2O2-. The Morgan fingerprint density at radius 2 is 2.11 bits per heavy atom. The lowest BCUT2D eigenvalue weighted by molar-refractivity contribution is -0.271. The molecule has 2 rings (SSSR count). The van der Waals surface area contributed by atoms with Crippen molar-refractivity contribution in [1.82, 2.24) is 10.2 Å². The minimum atomic E-state index is -3.08. The predicted molar refractivity (Wildman–Crippen MR) is 63.6 cm³/mol. The number of alkyl halides is 2. The largest absolute Gasteiger partial charge is 0.530 e. The van der Waals surface area contributed by atoms with Crippen molar-refractivity contribution >= 4 is 6.09 Å². The molecule has 1 amide bonds. The normalized spacial score (nSPS) is 22.2. The lowest BCUT2D eigenvalue weighted by atomic mass is 10.0. The Morgan fingerprint density at radius 3 is 2.68 bits per heavy atom. The van der Waals surface area contributed by atoms with Crippen molar-refractivity contribution in [1.29, 1.82) is 0 Å². The molecule has 0 bridgehead atoms. The topological polar surface area (TPSA) is 55.4 Å². The molecule has 6 heteroatoms. The number of carboxylic acid groups (broad SMARTS) is 1. The summed E-state index contributed by atoms with van der Waals surface area (Å²) in [4.78, 5) is 11.2. The van der Waals surface area contributed by atoms with Gasteiger partial charge in [-0.1, -0.05) is 30.3 Å². The van der Waals surface area contributed by atoms with Crippen LogP contribution in [0.15, 0.2) is 30.3 Å². The monoisotopic (exact) mass is 269 g/mol. The van der Waals surface area contributed by atoms with Gasteiger partial charge in [0, 0.05) is 13.1 Å². The molecule has 19 heavy (non-hydrogen) atoms. The zero-order valence-corrected chi connectivity index (χ0v) is 10.3. The van der Waals surface area contributed by atoms with Gasteiger partial charge < -0.3 is 20.1 Å². The number of piperidine rings is 1. The third-order valence-electron chi connectivity index (χ3n) is 3.25. The summed E-state index contributed by atoms with van der Waals surface area (Å²) in [5.41, 5.74) is 0.917. The molecule has 0 spiro atoms. The summed E-state index contributed by atoms with van der Waals surface area (Å²) in [6, 6.07) is 8.23.